The van der Waals surface area contributed by atoms with Crippen molar-refractivity contribution in [3.8, 4) is 11.8 Å². The number of anilines is 2. The van der Waals surface area contributed by atoms with Crippen LogP contribution in [0.3, 0.4) is 0 Å². The van der Waals surface area contributed by atoms with Crippen LogP contribution in [0.15, 0.2) is 89.1 Å². The van der Waals surface area contributed by atoms with Crippen molar-refractivity contribution < 1.29 is 14.3 Å². The number of aryl methyl sites for hydroxylation is 1. The van der Waals surface area contributed by atoms with Crippen LogP contribution >= 0.6 is 11.8 Å². The van der Waals surface area contributed by atoms with E-state index in [1.165, 1.54) is 12.7 Å². The number of carbonyl (C=O) groups is 2. The van der Waals surface area contributed by atoms with Crippen LogP contribution in [0.25, 0.3) is 0 Å². The Kier molecular flexibility index (Phi) is 9.02. The van der Waals surface area contributed by atoms with E-state index in [1.54, 1.807) is 42.5 Å². The summed E-state index contributed by atoms with van der Waals surface area (Å²) in [5, 5.41) is 14.4. The second-order valence-electron chi connectivity index (χ2n) is 8.82. The van der Waals surface area contributed by atoms with E-state index in [1.807, 2.05) is 30.3 Å². The zero-order valence-corrected chi connectivity index (χ0v) is 22.5. The normalized spacial score (nSPS) is 15.6. The summed E-state index contributed by atoms with van der Waals surface area (Å²) in [7, 11) is 1.53. The molecule has 0 saturated heterocycles. The van der Waals surface area contributed by atoms with Gasteiger partial charge < -0.3 is 21.1 Å². The smallest absolute Gasteiger partial charge is 0.260 e. The standard InChI is InChI=1S/C30H29N5O3S/c1-3-4-9-19-14-16-21(17-15-19)33-28(36)25-26(32)27(29(37)34-22-11-6-5-10-20(22)18-31)39-30(25)35-23-12-7-8-13-24(23)38-2/h5-8,10-17,27H,3-4,9,32H2,1-2H3,(H,33,36)(H,34,37)/t27-/m0/s1. The molecule has 0 aliphatic carbocycles. The van der Waals surface area contributed by atoms with Gasteiger partial charge >= 0.3 is 0 Å². The summed E-state index contributed by atoms with van der Waals surface area (Å²) >= 11 is 1.07. The first-order chi connectivity index (χ1) is 18.9. The number of thioether (sulfide) groups is 1. The zero-order valence-electron chi connectivity index (χ0n) is 21.7. The fourth-order valence-electron chi connectivity index (χ4n) is 4.04. The molecule has 2 amide bonds. The van der Waals surface area contributed by atoms with Gasteiger partial charge in [-0.05, 0) is 54.8 Å². The molecule has 0 aromatic heterocycles. The van der Waals surface area contributed by atoms with E-state index in [0.29, 0.717) is 33.4 Å². The summed E-state index contributed by atoms with van der Waals surface area (Å²) in [4.78, 5) is 31.5. The minimum Gasteiger partial charge on any atom is -0.494 e. The van der Waals surface area contributed by atoms with Crippen molar-refractivity contribution in [2.75, 3.05) is 17.7 Å². The van der Waals surface area contributed by atoms with Crippen LogP contribution in [-0.4, -0.2) is 29.2 Å². The number of hydrogen-bond donors (Lipinski definition) is 3. The molecule has 0 bridgehead atoms. The van der Waals surface area contributed by atoms with Gasteiger partial charge in [0.2, 0.25) is 5.91 Å². The number of carbonyl (C=O) groups excluding carboxylic acids is 2. The number of ether oxygens (including phenoxy) is 1. The minimum atomic E-state index is -0.928. The molecule has 8 nitrogen and oxygen atoms in total. The Labute approximate surface area is 232 Å². The van der Waals surface area contributed by atoms with Crippen LogP contribution in [-0.2, 0) is 16.0 Å². The van der Waals surface area contributed by atoms with Crippen LogP contribution in [0, 0.1) is 11.3 Å². The Balaban J connectivity index is 1.66. The molecule has 3 aromatic rings. The third-order valence-electron chi connectivity index (χ3n) is 6.12. The molecule has 198 valence electrons. The van der Waals surface area contributed by atoms with Crippen LogP contribution in [0.1, 0.15) is 30.9 Å². The minimum absolute atomic E-state index is 0.0812. The Bertz CT molecular complexity index is 1470. The predicted molar refractivity (Wildman–Crippen MR) is 156 cm³/mol. The van der Waals surface area contributed by atoms with Crippen molar-refractivity contribution in [1.29, 1.82) is 5.26 Å². The summed E-state index contributed by atoms with van der Waals surface area (Å²) in [5.74, 6) is -0.416. The van der Waals surface area contributed by atoms with E-state index >= 15 is 0 Å². The van der Waals surface area contributed by atoms with Gasteiger partial charge in [-0.1, -0.05) is 61.5 Å². The highest BCUT2D eigenvalue weighted by molar-refractivity contribution is 8.16. The number of unbranched alkanes of at least 4 members (excludes halogenated alkanes) is 1. The van der Waals surface area contributed by atoms with Crippen molar-refractivity contribution in [1.82, 2.24) is 0 Å². The summed E-state index contributed by atoms with van der Waals surface area (Å²) in [6.45, 7) is 2.15. The van der Waals surface area contributed by atoms with Crippen molar-refractivity contribution in [3.05, 3.63) is 95.2 Å². The molecule has 4 rings (SSSR count). The van der Waals surface area contributed by atoms with Crippen molar-refractivity contribution in [2.45, 2.75) is 31.4 Å². The highest BCUT2D eigenvalue weighted by Crippen LogP contribution is 2.38. The molecule has 0 unspecified atom stereocenters. The van der Waals surface area contributed by atoms with Gasteiger partial charge in [0, 0.05) is 11.4 Å². The lowest BCUT2D eigenvalue weighted by molar-refractivity contribution is -0.115. The number of nitrogens with zero attached hydrogens (tertiary/aromatic N) is 2. The average Bonchev–Trinajstić information content (AvgIpc) is 3.28. The molecule has 1 atom stereocenters. The lowest BCUT2D eigenvalue weighted by atomic mass is 10.1. The first-order valence-corrected chi connectivity index (χ1v) is 13.4. The summed E-state index contributed by atoms with van der Waals surface area (Å²) in [6.07, 6.45) is 3.17. The Morgan fingerprint density at radius 1 is 1.05 bits per heavy atom. The lowest BCUT2D eigenvalue weighted by Crippen LogP contribution is -2.29. The van der Waals surface area contributed by atoms with Crippen molar-refractivity contribution in [2.24, 2.45) is 10.7 Å². The van der Waals surface area contributed by atoms with Crippen LogP contribution in [0.2, 0.25) is 0 Å². The number of amides is 2. The number of aliphatic imine (C=N–C) groups is 1. The van der Waals surface area contributed by atoms with Gasteiger partial charge in [-0.3, -0.25) is 9.59 Å². The molecule has 1 aliphatic heterocycles. The number of nitrogens with one attached hydrogen (secondary N) is 2. The maximum Gasteiger partial charge on any atom is 0.260 e. The molecule has 1 heterocycles. The first kappa shape index (κ1) is 27.5. The number of para-hydroxylation sites is 3. The SMILES string of the molecule is CCCCc1ccc(NC(=O)C2=C(N)[C@@H](C(=O)Nc3ccccc3C#N)SC2=Nc2ccccc2OC)cc1. The van der Waals surface area contributed by atoms with Gasteiger partial charge in [-0.15, -0.1) is 0 Å². The average molecular weight is 540 g/mol. The van der Waals surface area contributed by atoms with Crippen LogP contribution in [0.5, 0.6) is 5.75 Å². The molecule has 0 radical (unpaired) electrons. The fourth-order valence-corrected chi connectivity index (χ4v) is 5.16. The number of nitriles is 1. The molecule has 4 N–H and O–H groups in total. The van der Waals surface area contributed by atoms with E-state index in [0.717, 1.165) is 31.0 Å². The van der Waals surface area contributed by atoms with Gasteiger partial charge in [-0.2, -0.15) is 5.26 Å². The third kappa shape index (κ3) is 6.48. The highest BCUT2D eigenvalue weighted by Gasteiger charge is 2.38. The topological polar surface area (TPSA) is 130 Å². The summed E-state index contributed by atoms with van der Waals surface area (Å²) < 4.78 is 5.42. The lowest BCUT2D eigenvalue weighted by Gasteiger charge is -2.12. The second-order valence-corrected chi connectivity index (χ2v) is 9.91. The van der Waals surface area contributed by atoms with Gasteiger partial charge in [0.15, 0.2) is 0 Å². The van der Waals surface area contributed by atoms with Gasteiger partial charge in [0.25, 0.3) is 5.91 Å². The quantitative estimate of drug-likeness (QED) is 0.327. The zero-order chi connectivity index (χ0) is 27.8. The summed E-state index contributed by atoms with van der Waals surface area (Å²) in [5.41, 5.74) is 9.64. The molecular formula is C30H29N5O3S. The molecule has 0 fully saturated rings. The number of rotatable bonds is 9. The highest BCUT2D eigenvalue weighted by atomic mass is 32.2. The van der Waals surface area contributed by atoms with Gasteiger partial charge in [0.1, 0.15) is 27.8 Å². The van der Waals surface area contributed by atoms with E-state index in [2.05, 4.69) is 28.6 Å². The predicted octanol–water partition coefficient (Wildman–Crippen LogP) is 5.55. The number of methoxy groups -OCH3 is 1. The third-order valence-corrected chi connectivity index (χ3v) is 7.35. The van der Waals surface area contributed by atoms with Crippen LogP contribution < -0.4 is 21.1 Å². The van der Waals surface area contributed by atoms with Crippen LogP contribution in [0.4, 0.5) is 17.1 Å². The van der Waals surface area contributed by atoms with E-state index in [-0.39, 0.29) is 11.3 Å². The second kappa shape index (κ2) is 12.8. The van der Waals surface area contributed by atoms with E-state index in [4.69, 9.17) is 10.5 Å². The molecule has 1 aliphatic rings. The Hall–Kier alpha value is -4.55. The molecule has 3 aromatic carbocycles. The number of hydrogen-bond acceptors (Lipinski definition) is 7. The fraction of sp³-hybridized carbons (Fsp3) is 0.200. The number of benzene rings is 3. The Morgan fingerprint density at radius 3 is 2.49 bits per heavy atom. The summed E-state index contributed by atoms with van der Waals surface area (Å²) in [6, 6.07) is 23.5. The van der Waals surface area contributed by atoms with Gasteiger partial charge in [-0.25, -0.2) is 4.99 Å². The molecule has 0 spiro atoms. The maximum atomic E-state index is 13.5. The van der Waals surface area contributed by atoms with Crippen molar-refractivity contribution >= 4 is 45.7 Å². The molecular weight excluding hydrogens is 510 g/mol. The Morgan fingerprint density at radius 2 is 1.77 bits per heavy atom. The molecule has 0 saturated carbocycles. The van der Waals surface area contributed by atoms with E-state index in [9.17, 15) is 14.9 Å². The monoisotopic (exact) mass is 539 g/mol. The van der Waals surface area contributed by atoms with E-state index < -0.39 is 17.1 Å². The molecule has 9 heteroatoms. The molecule has 39 heavy (non-hydrogen) atoms. The van der Waals surface area contributed by atoms with Gasteiger partial charge in [0.05, 0.1) is 23.9 Å². The number of nitrogens with two attached hydrogens (primary N) is 1. The van der Waals surface area contributed by atoms with Crippen molar-refractivity contribution in [3.63, 3.8) is 0 Å². The largest absolute Gasteiger partial charge is 0.494 e. The maximum absolute atomic E-state index is 13.5. The first-order valence-electron chi connectivity index (χ1n) is 12.5.